The predicted octanol–water partition coefficient (Wildman–Crippen LogP) is 3.04. The van der Waals surface area contributed by atoms with Gasteiger partial charge in [0.15, 0.2) is 0 Å². The molecule has 0 bridgehead atoms. The topological polar surface area (TPSA) is 58.6 Å². The highest BCUT2D eigenvalue weighted by Crippen LogP contribution is 2.33. The number of fused-ring (bicyclic) bond motifs is 1. The fourth-order valence-electron chi connectivity index (χ4n) is 2.55. The lowest BCUT2D eigenvalue weighted by Crippen LogP contribution is -2.32. The smallest absolute Gasteiger partial charge is 0.266 e. The molecule has 1 aliphatic heterocycles. The minimum Gasteiger partial charge on any atom is -0.497 e. The lowest BCUT2D eigenvalue weighted by atomic mass is 10.3. The Bertz CT molecular complexity index is 805. The average molecular weight is 350 g/mol. The molecule has 0 unspecified atom stereocenters. The number of ether oxygens (including phenoxy) is 1. The zero-order valence-corrected chi connectivity index (χ0v) is 14.6. The van der Waals surface area contributed by atoms with Gasteiger partial charge in [-0.15, -0.1) is 11.8 Å². The Labute approximate surface area is 140 Å². The Hall–Kier alpha value is -1.86. The number of sulfonamides is 1. The lowest BCUT2D eigenvalue weighted by Gasteiger charge is -2.22. The maximum atomic E-state index is 13.0. The van der Waals surface area contributed by atoms with E-state index in [9.17, 15) is 8.42 Å². The van der Waals surface area contributed by atoms with Crippen LogP contribution in [0.5, 0.6) is 5.75 Å². The second-order valence-corrected chi connectivity index (χ2v) is 7.77. The second kappa shape index (κ2) is 6.33. The average Bonchev–Trinajstić information content (AvgIpc) is 2.70. The minimum atomic E-state index is -3.60. The van der Waals surface area contributed by atoms with Crippen LogP contribution in [0.25, 0.3) is 0 Å². The molecule has 0 atom stereocenters. The summed E-state index contributed by atoms with van der Waals surface area (Å²) >= 11 is 1.59. The van der Waals surface area contributed by atoms with Crippen LogP contribution in [0.15, 0.2) is 52.3 Å². The van der Waals surface area contributed by atoms with Crippen molar-refractivity contribution in [1.29, 1.82) is 0 Å². The van der Waals surface area contributed by atoms with Gasteiger partial charge in [-0.05, 0) is 48.7 Å². The van der Waals surface area contributed by atoms with Gasteiger partial charge in [0.05, 0.1) is 25.0 Å². The van der Waals surface area contributed by atoms with Crippen molar-refractivity contribution < 1.29 is 13.2 Å². The summed E-state index contributed by atoms with van der Waals surface area (Å²) in [5, 5.41) is 3.22. The van der Waals surface area contributed by atoms with Crippen molar-refractivity contribution in [2.24, 2.45) is 0 Å². The summed E-state index contributed by atoms with van der Waals surface area (Å²) in [6.07, 6.45) is 1.97. The summed E-state index contributed by atoms with van der Waals surface area (Å²) in [5.74, 6) is 0.698. The van der Waals surface area contributed by atoms with E-state index >= 15 is 0 Å². The predicted molar refractivity (Wildman–Crippen MR) is 94.2 cm³/mol. The van der Waals surface area contributed by atoms with E-state index in [0.29, 0.717) is 35.1 Å². The molecule has 122 valence electrons. The number of methoxy groups -OCH3 is 1. The third kappa shape index (κ3) is 2.98. The number of nitrogens with one attached hydrogen (secondary N) is 1. The van der Waals surface area contributed by atoms with Gasteiger partial charge in [0, 0.05) is 11.4 Å². The Balaban J connectivity index is 2.05. The van der Waals surface area contributed by atoms with E-state index in [1.54, 1.807) is 49.2 Å². The van der Waals surface area contributed by atoms with Crippen LogP contribution in [0.4, 0.5) is 11.4 Å². The molecule has 7 heteroatoms. The van der Waals surface area contributed by atoms with Crippen molar-refractivity contribution in [2.45, 2.75) is 9.79 Å². The molecule has 1 N–H and O–H groups in total. The summed E-state index contributed by atoms with van der Waals surface area (Å²) in [6.45, 7) is 0.925. The number of anilines is 2. The molecule has 0 aliphatic carbocycles. The molecule has 0 fully saturated rings. The van der Waals surface area contributed by atoms with Gasteiger partial charge in [-0.1, -0.05) is 0 Å². The standard InChI is InChI=1S/C16H18N2O3S2/c1-21-13-5-3-12(4-6-13)18-10-9-17-15-11-14(22-2)7-8-16(15)23(18,19)20/h3-8,11,17H,9-10H2,1-2H3. The van der Waals surface area contributed by atoms with Gasteiger partial charge in [-0.25, -0.2) is 8.42 Å². The Morgan fingerprint density at radius 3 is 2.57 bits per heavy atom. The van der Waals surface area contributed by atoms with Crippen LogP contribution < -0.4 is 14.4 Å². The van der Waals surface area contributed by atoms with Crippen molar-refractivity contribution in [3.05, 3.63) is 42.5 Å². The molecule has 2 aromatic rings. The molecule has 0 aromatic heterocycles. The molecule has 1 aliphatic rings. The number of hydrogen-bond donors (Lipinski definition) is 1. The first-order valence-electron chi connectivity index (χ1n) is 7.15. The van der Waals surface area contributed by atoms with Gasteiger partial charge in [0.2, 0.25) is 0 Å². The van der Waals surface area contributed by atoms with Gasteiger partial charge >= 0.3 is 0 Å². The van der Waals surface area contributed by atoms with E-state index in [1.165, 1.54) is 4.31 Å². The van der Waals surface area contributed by atoms with Gasteiger partial charge in [0.25, 0.3) is 10.0 Å². The first-order valence-corrected chi connectivity index (χ1v) is 9.81. The molecule has 0 saturated heterocycles. The lowest BCUT2D eigenvalue weighted by molar-refractivity contribution is 0.415. The second-order valence-electron chi connectivity index (χ2n) is 5.06. The maximum absolute atomic E-state index is 13.0. The van der Waals surface area contributed by atoms with Crippen LogP contribution in [0.2, 0.25) is 0 Å². The van der Waals surface area contributed by atoms with Crippen LogP contribution in [0, 0.1) is 0 Å². The zero-order valence-electron chi connectivity index (χ0n) is 12.9. The van der Waals surface area contributed by atoms with Crippen molar-refractivity contribution in [3.63, 3.8) is 0 Å². The van der Waals surface area contributed by atoms with Gasteiger partial charge < -0.3 is 10.1 Å². The highest BCUT2D eigenvalue weighted by atomic mass is 32.2. The van der Waals surface area contributed by atoms with E-state index in [1.807, 2.05) is 18.4 Å². The molecule has 3 rings (SSSR count). The maximum Gasteiger partial charge on any atom is 0.266 e. The van der Waals surface area contributed by atoms with Gasteiger partial charge in [0.1, 0.15) is 10.6 Å². The quantitative estimate of drug-likeness (QED) is 0.862. The largest absolute Gasteiger partial charge is 0.497 e. The van der Waals surface area contributed by atoms with Crippen LogP contribution in [0.1, 0.15) is 0 Å². The summed E-state index contributed by atoms with van der Waals surface area (Å²) < 4.78 is 32.6. The zero-order chi connectivity index (χ0) is 16.4. The highest BCUT2D eigenvalue weighted by molar-refractivity contribution is 7.98. The minimum absolute atomic E-state index is 0.309. The van der Waals surface area contributed by atoms with E-state index in [2.05, 4.69) is 5.32 Å². The summed E-state index contributed by atoms with van der Waals surface area (Å²) in [5.41, 5.74) is 1.29. The monoisotopic (exact) mass is 350 g/mol. The molecule has 0 spiro atoms. The van der Waals surface area contributed by atoms with Crippen LogP contribution >= 0.6 is 11.8 Å². The Kier molecular flexibility index (Phi) is 4.41. The molecule has 0 saturated carbocycles. The third-order valence-electron chi connectivity index (χ3n) is 3.75. The van der Waals surface area contributed by atoms with E-state index in [-0.39, 0.29) is 0 Å². The Morgan fingerprint density at radius 1 is 1.17 bits per heavy atom. The first kappa shape index (κ1) is 16.0. The fraction of sp³-hybridized carbons (Fsp3) is 0.250. The van der Waals surface area contributed by atoms with Crippen molar-refractivity contribution >= 4 is 33.2 Å². The molecule has 2 aromatic carbocycles. The van der Waals surface area contributed by atoms with Gasteiger partial charge in [-0.2, -0.15) is 0 Å². The van der Waals surface area contributed by atoms with Crippen molar-refractivity contribution in [2.75, 3.05) is 36.1 Å². The Morgan fingerprint density at radius 2 is 1.91 bits per heavy atom. The normalized spacial score (nSPS) is 16.2. The van der Waals surface area contributed by atoms with Crippen LogP contribution in [-0.2, 0) is 10.0 Å². The number of thioether (sulfide) groups is 1. The molecule has 0 radical (unpaired) electrons. The van der Waals surface area contributed by atoms with E-state index < -0.39 is 10.0 Å². The third-order valence-corrected chi connectivity index (χ3v) is 6.36. The highest BCUT2D eigenvalue weighted by Gasteiger charge is 2.30. The molecule has 23 heavy (non-hydrogen) atoms. The molecular weight excluding hydrogens is 332 g/mol. The molecular formula is C16H18N2O3S2. The number of benzene rings is 2. The summed E-state index contributed by atoms with van der Waals surface area (Å²) in [6, 6.07) is 12.4. The molecule has 5 nitrogen and oxygen atoms in total. The first-order chi connectivity index (χ1) is 11.1. The number of hydrogen-bond acceptors (Lipinski definition) is 5. The van der Waals surface area contributed by atoms with Crippen molar-refractivity contribution in [3.8, 4) is 5.75 Å². The fourth-order valence-corrected chi connectivity index (χ4v) is 4.60. The number of nitrogens with zero attached hydrogens (tertiary/aromatic N) is 1. The van der Waals surface area contributed by atoms with E-state index in [0.717, 1.165) is 4.90 Å². The summed E-state index contributed by atoms with van der Waals surface area (Å²) in [4.78, 5) is 1.34. The van der Waals surface area contributed by atoms with Crippen LogP contribution in [0.3, 0.4) is 0 Å². The van der Waals surface area contributed by atoms with Crippen molar-refractivity contribution in [1.82, 2.24) is 0 Å². The SMILES string of the molecule is COc1ccc(N2CCNc3cc(SC)ccc3S2(=O)=O)cc1. The van der Waals surface area contributed by atoms with Gasteiger partial charge in [-0.3, -0.25) is 4.31 Å². The summed E-state index contributed by atoms with van der Waals surface area (Å²) in [7, 11) is -2.01. The van der Waals surface area contributed by atoms with Crippen LogP contribution in [-0.4, -0.2) is 34.9 Å². The van der Waals surface area contributed by atoms with E-state index in [4.69, 9.17) is 4.74 Å². The molecule has 1 heterocycles. The molecule has 0 amide bonds. The number of rotatable bonds is 3.